The van der Waals surface area contributed by atoms with Crippen LogP contribution in [0.1, 0.15) is 24.4 Å². The van der Waals surface area contributed by atoms with Crippen molar-refractivity contribution in [3.63, 3.8) is 0 Å². The minimum Gasteiger partial charge on any atom is -0.363 e. The molecule has 2 saturated heterocycles. The Balaban J connectivity index is 1.98. The minimum absolute atomic E-state index is 0.101. The number of carbonyl (C=O) groups excluding carboxylic acids is 1. The van der Waals surface area contributed by atoms with Gasteiger partial charge in [-0.1, -0.05) is 30.3 Å². The smallest absolute Gasteiger partial charge is 0.257 e. The van der Waals surface area contributed by atoms with E-state index >= 15 is 0 Å². The minimum atomic E-state index is -0.546. The van der Waals surface area contributed by atoms with Gasteiger partial charge in [-0.25, -0.2) is 0 Å². The largest absolute Gasteiger partial charge is 0.363 e. The molecule has 1 aromatic carbocycles. The molecule has 0 saturated carbocycles. The number of amides is 1. The van der Waals surface area contributed by atoms with E-state index in [1.54, 1.807) is 4.90 Å². The molecule has 0 unspecified atom stereocenters. The number of carbonyl (C=O) groups is 1. The molecular formula is C13H15NO2. The zero-order valence-electron chi connectivity index (χ0n) is 9.35. The summed E-state index contributed by atoms with van der Waals surface area (Å²) in [6.45, 7) is 0.711. The third-order valence-electron chi connectivity index (χ3n) is 3.68. The number of hydrogen-bond acceptors (Lipinski definition) is 2. The van der Waals surface area contributed by atoms with Crippen molar-refractivity contribution in [1.29, 1.82) is 0 Å². The molecule has 2 aliphatic rings. The maximum absolute atomic E-state index is 12.0. The third kappa shape index (κ3) is 1.09. The summed E-state index contributed by atoms with van der Waals surface area (Å²) in [5, 5.41) is 0. The average Bonchev–Trinajstić information content (AvgIpc) is 2.82. The van der Waals surface area contributed by atoms with Crippen LogP contribution >= 0.6 is 0 Å². The van der Waals surface area contributed by atoms with Crippen molar-refractivity contribution in [3.8, 4) is 0 Å². The van der Waals surface area contributed by atoms with Crippen molar-refractivity contribution in [2.24, 2.45) is 0 Å². The lowest BCUT2D eigenvalue weighted by atomic mass is 9.76. The van der Waals surface area contributed by atoms with Crippen LogP contribution in [-0.4, -0.2) is 30.1 Å². The number of nitrogens with zero attached hydrogens (tertiary/aromatic N) is 1. The molecule has 0 radical (unpaired) electrons. The third-order valence-corrected chi connectivity index (χ3v) is 3.68. The van der Waals surface area contributed by atoms with Crippen LogP contribution in [0.2, 0.25) is 0 Å². The highest BCUT2D eigenvalue weighted by atomic mass is 16.5. The first-order valence-electron chi connectivity index (χ1n) is 5.72. The first-order valence-corrected chi connectivity index (χ1v) is 5.72. The monoisotopic (exact) mass is 217 g/mol. The van der Waals surface area contributed by atoms with E-state index in [-0.39, 0.29) is 11.9 Å². The lowest BCUT2D eigenvalue weighted by Crippen LogP contribution is -2.66. The molecule has 0 aliphatic carbocycles. The number of ether oxygens (including phenoxy) is 1. The number of benzene rings is 1. The van der Waals surface area contributed by atoms with Crippen LogP contribution in [0.25, 0.3) is 0 Å². The Labute approximate surface area is 95.0 Å². The van der Waals surface area contributed by atoms with Crippen molar-refractivity contribution in [2.45, 2.75) is 24.5 Å². The Morgan fingerprint density at radius 2 is 2.12 bits per heavy atom. The van der Waals surface area contributed by atoms with Gasteiger partial charge in [0.1, 0.15) is 0 Å². The van der Waals surface area contributed by atoms with Crippen LogP contribution in [-0.2, 0) is 9.53 Å². The molecule has 1 aromatic rings. The SMILES string of the molecule is CN1C(=O)[C@]2(CCCO2)[C@@H]1c1ccccc1. The highest BCUT2D eigenvalue weighted by Gasteiger charge is 2.62. The van der Waals surface area contributed by atoms with Gasteiger partial charge in [-0.2, -0.15) is 0 Å². The molecule has 0 aromatic heterocycles. The molecule has 3 nitrogen and oxygen atoms in total. The molecule has 2 atom stereocenters. The number of likely N-dealkylation sites (N-methyl/N-ethyl adjacent to an activating group) is 1. The summed E-state index contributed by atoms with van der Waals surface area (Å²) >= 11 is 0. The summed E-state index contributed by atoms with van der Waals surface area (Å²) in [4.78, 5) is 13.8. The fourth-order valence-electron chi connectivity index (χ4n) is 2.95. The van der Waals surface area contributed by atoms with E-state index < -0.39 is 5.60 Å². The summed E-state index contributed by atoms with van der Waals surface area (Å²) in [7, 11) is 1.85. The molecule has 84 valence electrons. The van der Waals surface area contributed by atoms with Gasteiger partial charge < -0.3 is 9.64 Å². The Kier molecular flexibility index (Phi) is 2.04. The van der Waals surface area contributed by atoms with Crippen molar-refractivity contribution < 1.29 is 9.53 Å². The van der Waals surface area contributed by atoms with Gasteiger partial charge in [-0.3, -0.25) is 4.79 Å². The van der Waals surface area contributed by atoms with E-state index in [4.69, 9.17) is 4.74 Å². The second-order valence-corrected chi connectivity index (χ2v) is 4.57. The summed E-state index contributed by atoms with van der Waals surface area (Å²) in [5.41, 5.74) is 0.627. The lowest BCUT2D eigenvalue weighted by Gasteiger charge is -2.52. The number of β-lactam (4-membered cyclic amide) rings is 1. The number of hydrogen-bond donors (Lipinski definition) is 0. The van der Waals surface area contributed by atoms with Gasteiger partial charge in [0, 0.05) is 13.7 Å². The van der Waals surface area contributed by atoms with E-state index in [1.165, 1.54) is 5.56 Å². The molecule has 1 spiro atoms. The fraction of sp³-hybridized carbons (Fsp3) is 0.462. The number of rotatable bonds is 1. The number of likely N-dealkylation sites (tertiary alicyclic amines) is 1. The summed E-state index contributed by atoms with van der Waals surface area (Å²) in [6, 6.07) is 10.2. The van der Waals surface area contributed by atoms with Crippen LogP contribution in [0, 0.1) is 0 Å². The molecule has 0 N–H and O–H groups in total. The van der Waals surface area contributed by atoms with Gasteiger partial charge in [0.05, 0.1) is 6.04 Å². The van der Waals surface area contributed by atoms with Gasteiger partial charge in [0.2, 0.25) is 0 Å². The molecule has 2 fully saturated rings. The van der Waals surface area contributed by atoms with Crippen molar-refractivity contribution >= 4 is 5.91 Å². The van der Waals surface area contributed by atoms with Crippen molar-refractivity contribution in [2.75, 3.05) is 13.7 Å². The van der Waals surface area contributed by atoms with Crippen LogP contribution in [0.3, 0.4) is 0 Å². The Bertz CT molecular complexity index is 409. The van der Waals surface area contributed by atoms with Crippen LogP contribution < -0.4 is 0 Å². The highest BCUT2D eigenvalue weighted by molar-refractivity contribution is 5.93. The van der Waals surface area contributed by atoms with E-state index in [0.29, 0.717) is 6.61 Å². The van der Waals surface area contributed by atoms with Gasteiger partial charge in [0.25, 0.3) is 5.91 Å². The predicted octanol–water partition coefficient (Wildman–Crippen LogP) is 1.75. The molecule has 16 heavy (non-hydrogen) atoms. The van der Waals surface area contributed by atoms with Gasteiger partial charge in [0.15, 0.2) is 5.60 Å². The van der Waals surface area contributed by atoms with E-state index in [9.17, 15) is 4.79 Å². The maximum Gasteiger partial charge on any atom is 0.257 e. The Morgan fingerprint density at radius 3 is 2.75 bits per heavy atom. The summed E-state index contributed by atoms with van der Waals surface area (Å²) in [6.07, 6.45) is 1.85. The lowest BCUT2D eigenvalue weighted by molar-refractivity contribution is -0.191. The van der Waals surface area contributed by atoms with E-state index in [2.05, 4.69) is 12.1 Å². The quantitative estimate of drug-likeness (QED) is 0.671. The van der Waals surface area contributed by atoms with E-state index in [0.717, 1.165) is 12.8 Å². The molecule has 2 aliphatic heterocycles. The average molecular weight is 217 g/mol. The van der Waals surface area contributed by atoms with Crippen molar-refractivity contribution in [1.82, 2.24) is 4.90 Å². The molecule has 3 rings (SSSR count). The van der Waals surface area contributed by atoms with Crippen LogP contribution in [0.4, 0.5) is 0 Å². The van der Waals surface area contributed by atoms with Gasteiger partial charge >= 0.3 is 0 Å². The van der Waals surface area contributed by atoms with Gasteiger partial charge in [-0.15, -0.1) is 0 Å². The molecule has 2 heterocycles. The first kappa shape index (κ1) is 9.85. The standard InChI is InChI=1S/C13H15NO2/c1-14-11(10-6-3-2-4-7-10)13(12(14)15)8-5-9-16-13/h2-4,6-7,11H,5,8-9H2,1H3/t11-,13-/m0/s1. The molecular weight excluding hydrogens is 202 g/mol. The fourth-order valence-corrected chi connectivity index (χ4v) is 2.95. The highest BCUT2D eigenvalue weighted by Crippen LogP contribution is 2.50. The predicted molar refractivity (Wildman–Crippen MR) is 59.9 cm³/mol. The second kappa shape index (κ2) is 3.32. The van der Waals surface area contributed by atoms with Crippen molar-refractivity contribution in [3.05, 3.63) is 35.9 Å². The topological polar surface area (TPSA) is 29.5 Å². The van der Waals surface area contributed by atoms with Crippen LogP contribution in [0.15, 0.2) is 30.3 Å². The molecule has 1 amide bonds. The first-order chi connectivity index (χ1) is 7.76. The Hall–Kier alpha value is -1.35. The van der Waals surface area contributed by atoms with Gasteiger partial charge in [-0.05, 0) is 18.4 Å². The Morgan fingerprint density at radius 1 is 1.38 bits per heavy atom. The second-order valence-electron chi connectivity index (χ2n) is 4.57. The maximum atomic E-state index is 12.0. The van der Waals surface area contributed by atoms with E-state index in [1.807, 2.05) is 25.2 Å². The summed E-state index contributed by atoms with van der Waals surface area (Å²) < 4.78 is 5.73. The molecule has 0 bridgehead atoms. The summed E-state index contributed by atoms with van der Waals surface area (Å²) in [5.74, 6) is 0.138. The zero-order chi connectivity index (χ0) is 11.2. The normalized spacial score (nSPS) is 33.2. The van der Waals surface area contributed by atoms with Crippen LogP contribution in [0.5, 0.6) is 0 Å². The zero-order valence-corrected chi connectivity index (χ0v) is 9.35. The molecule has 3 heteroatoms.